The van der Waals surface area contributed by atoms with E-state index in [-0.39, 0.29) is 0 Å². The van der Waals surface area contributed by atoms with E-state index in [1.165, 1.54) is 11.1 Å². The van der Waals surface area contributed by atoms with Crippen molar-refractivity contribution in [3.05, 3.63) is 64.7 Å². The van der Waals surface area contributed by atoms with Gasteiger partial charge in [-0.3, -0.25) is 4.57 Å². The third kappa shape index (κ3) is 3.01. The van der Waals surface area contributed by atoms with E-state index in [1.807, 2.05) is 18.2 Å². The number of thioether (sulfide) groups is 1. The highest BCUT2D eigenvalue weighted by Crippen LogP contribution is 2.33. The molecule has 0 radical (unpaired) electrons. The van der Waals surface area contributed by atoms with Crippen LogP contribution >= 0.6 is 23.4 Å². The summed E-state index contributed by atoms with van der Waals surface area (Å²) in [7, 11) is 0. The van der Waals surface area contributed by atoms with Crippen LogP contribution in [0.2, 0.25) is 5.02 Å². The van der Waals surface area contributed by atoms with Crippen molar-refractivity contribution < 1.29 is 0 Å². The van der Waals surface area contributed by atoms with Gasteiger partial charge in [0.2, 0.25) is 5.95 Å². The summed E-state index contributed by atoms with van der Waals surface area (Å²) >= 11 is 7.75. The van der Waals surface area contributed by atoms with Gasteiger partial charge in [-0.05, 0) is 36.8 Å². The predicted octanol–water partition coefficient (Wildman–Crippen LogP) is 4.68. The third-order valence-corrected chi connectivity index (χ3v) is 5.36. The van der Waals surface area contributed by atoms with Gasteiger partial charge < -0.3 is 4.90 Å². The van der Waals surface area contributed by atoms with Crippen molar-refractivity contribution in [2.45, 2.75) is 24.4 Å². The first-order chi connectivity index (χ1) is 11.7. The second-order valence-electron chi connectivity index (χ2n) is 5.84. The molecule has 4 rings (SSSR count). The molecule has 0 bridgehead atoms. The fraction of sp³-hybridized carbons (Fsp3) is 0.222. The summed E-state index contributed by atoms with van der Waals surface area (Å²) in [6.45, 7) is 3.94. The number of hydrogen-bond acceptors (Lipinski definition) is 4. The number of aromatic nitrogens is 3. The van der Waals surface area contributed by atoms with Gasteiger partial charge in [-0.25, -0.2) is 0 Å². The molecule has 0 saturated heterocycles. The Hall–Kier alpha value is -1.98. The molecule has 1 aliphatic rings. The first-order valence-electron chi connectivity index (χ1n) is 7.85. The molecule has 0 aliphatic carbocycles. The molecular weight excluding hydrogens is 340 g/mol. The zero-order chi connectivity index (χ0) is 16.5. The Labute approximate surface area is 150 Å². The average molecular weight is 357 g/mol. The Morgan fingerprint density at radius 2 is 1.92 bits per heavy atom. The van der Waals surface area contributed by atoms with Gasteiger partial charge in [-0.2, -0.15) is 0 Å². The number of halogens is 1. The molecule has 2 aromatic carbocycles. The average Bonchev–Trinajstić information content (AvgIpc) is 3.16. The molecule has 0 spiro atoms. The van der Waals surface area contributed by atoms with Crippen molar-refractivity contribution in [3.8, 4) is 0 Å². The van der Waals surface area contributed by atoms with Crippen LogP contribution in [0.25, 0.3) is 0 Å². The Kier molecular flexibility index (Phi) is 4.21. The molecule has 0 unspecified atom stereocenters. The van der Waals surface area contributed by atoms with Crippen LogP contribution in [-0.2, 0) is 12.3 Å². The number of aryl methyl sites for hydroxylation is 1. The summed E-state index contributed by atoms with van der Waals surface area (Å²) < 4.78 is 2.19. The van der Waals surface area contributed by atoms with Crippen LogP contribution in [-0.4, -0.2) is 21.3 Å². The number of benzene rings is 2. The summed E-state index contributed by atoms with van der Waals surface area (Å²) in [6, 6.07) is 16.5. The fourth-order valence-corrected chi connectivity index (χ4v) is 3.94. The van der Waals surface area contributed by atoms with Crippen LogP contribution in [0.3, 0.4) is 0 Å². The van der Waals surface area contributed by atoms with Crippen LogP contribution < -0.4 is 4.90 Å². The highest BCUT2D eigenvalue weighted by molar-refractivity contribution is 7.98. The lowest BCUT2D eigenvalue weighted by molar-refractivity contribution is 0.704. The van der Waals surface area contributed by atoms with E-state index in [2.05, 4.69) is 56.9 Å². The maximum atomic E-state index is 6.05. The lowest BCUT2D eigenvalue weighted by atomic mass is 10.2. The molecule has 122 valence electrons. The molecule has 0 saturated carbocycles. The third-order valence-electron chi connectivity index (χ3n) is 4.09. The summed E-state index contributed by atoms with van der Waals surface area (Å²) in [5, 5.41) is 10.5. The Balaban J connectivity index is 1.52. The van der Waals surface area contributed by atoms with E-state index in [0.29, 0.717) is 0 Å². The van der Waals surface area contributed by atoms with Crippen molar-refractivity contribution in [3.63, 3.8) is 0 Å². The zero-order valence-corrected chi connectivity index (χ0v) is 14.9. The highest BCUT2D eigenvalue weighted by Gasteiger charge is 2.25. The summed E-state index contributed by atoms with van der Waals surface area (Å²) in [4.78, 5) is 2.22. The van der Waals surface area contributed by atoms with Crippen LogP contribution in [0.15, 0.2) is 53.7 Å². The Bertz CT molecular complexity index is 860. The number of fused-ring (bicyclic) bond motifs is 1. The topological polar surface area (TPSA) is 34.0 Å². The molecule has 2 heterocycles. The van der Waals surface area contributed by atoms with Gasteiger partial charge in [-0.1, -0.05) is 53.2 Å². The van der Waals surface area contributed by atoms with Crippen molar-refractivity contribution in [2.24, 2.45) is 0 Å². The molecule has 3 aromatic rings. The molecule has 1 aromatic heterocycles. The minimum absolute atomic E-state index is 0.769. The molecule has 4 nitrogen and oxygen atoms in total. The molecule has 0 N–H and O–H groups in total. The van der Waals surface area contributed by atoms with Crippen LogP contribution in [0.5, 0.6) is 0 Å². The van der Waals surface area contributed by atoms with Gasteiger partial charge in [0.05, 0.1) is 0 Å². The lowest BCUT2D eigenvalue weighted by Crippen LogP contribution is -2.14. The standard InChI is InChI=1S/C18H17ClN4S/c1-13-5-7-16(8-6-13)22-9-10-23-17(22)20-21-18(23)24-12-14-3-2-4-15(19)11-14/h2-8,11H,9-10,12H2,1H3. The summed E-state index contributed by atoms with van der Waals surface area (Å²) in [5.41, 5.74) is 3.62. The van der Waals surface area contributed by atoms with Gasteiger partial charge >= 0.3 is 0 Å². The highest BCUT2D eigenvalue weighted by atomic mass is 35.5. The van der Waals surface area contributed by atoms with E-state index in [0.717, 1.165) is 40.7 Å². The number of hydrogen-bond donors (Lipinski definition) is 0. The molecular formula is C18H17ClN4S. The molecule has 1 aliphatic heterocycles. The van der Waals surface area contributed by atoms with Crippen molar-refractivity contribution >= 4 is 35.0 Å². The maximum Gasteiger partial charge on any atom is 0.232 e. The SMILES string of the molecule is Cc1ccc(N2CCn3c(SCc4cccc(Cl)c4)nnc32)cc1. The fourth-order valence-electron chi connectivity index (χ4n) is 2.83. The van der Waals surface area contributed by atoms with E-state index in [4.69, 9.17) is 11.6 Å². The molecule has 0 amide bonds. The molecule has 24 heavy (non-hydrogen) atoms. The lowest BCUT2D eigenvalue weighted by Gasteiger charge is -2.15. The molecule has 0 fully saturated rings. The number of rotatable bonds is 4. The van der Waals surface area contributed by atoms with Gasteiger partial charge in [0.25, 0.3) is 0 Å². The second kappa shape index (κ2) is 6.49. The van der Waals surface area contributed by atoms with Gasteiger partial charge in [-0.15, -0.1) is 10.2 Å². The summed E-state index contributed by atoms with van der Waals surface area (Å²) in [5.74, 6) is 1.76. The van der Waals surface area contributed by atoms with E-state index < -0.39 is 0 Å². The van der Waals surface area contributed by atoms with Gasteiger partial charge in [0, 0.05) is 29.6 Å². The minimum atomic E-state index is 0.769. The van der Waals surface area contributed by atoms with Gasteiger partial charge in [0.1, 0.15) is 0 Å². The van der Waals surface area contributed by atoms with Crippen molar-refractivity contribution in [1.29, 1.82) is 0 Å². The predicted molar refractivity (Wildman–Crippen MR) is 99.2 cm³/mol. The number of anilines is 2. The Morgan fingerprint density at radius 3 is 2.71 bits per heavy atom. The van der Waals surface area contributed by atoms with Crippen LogP contribution in [0.4, 0.5) is 11.6 Å². The Morgan fingerprint density at radius 1 is 1.08 bits per heavy atom. The van der Waals surface area contributed by atoms with Gasteiger partial charge in [0.15, 0.2) is 5.16 Å². The normalized spacial score (nSPS) is 13.3. The molecule has 6 heteroatoms. The van der Waals surface area contributed by atoms with Crippen LogP contribution in [0, 0.1) is 6.92 Å². The second-order valence-corrected chi connectivity index (χ2v) is 7.22. The van der Waals surface area contributed by atoms with E-state index >= 15 is 0 Å². The quantitative estimate of drug-likeness (QED) is 0.635. The largest absolute Gasteiger partial charge is 0.309 e. The van der Waals surface area contributed by atoms with E-state index in [1.54, 1.807) is 11.8 Å². The zero-order valence-electron chi connectivity index (χ0n) is 13.3. The maximum absolute atomic E-state index is 6.05. The monoisotopic (exact) mass is 356 g/mol. The first kappa shape index (κ1) is 15.5. The number of nitrogens with zero attached hydrogens (tertiary/aromatic N) is 4. The minimum Gasteiger partial charge on any atom is -0.309 e. The molecule has 0 atom stereocenters. The van der Waals surface area contributed by atoms with Crippen molar-refractivity contribution in [1.82, 2.24) is 14.8 Å². The smallest absolute Gasteiger partial charge is 0.232 e. The summed E-state index contributed by atoms with van der Waals surface area (Å²) in [6.07, 6.45) is 0. The van der Waals surface area contributed by atoms with Crippen LogP contribution in [0.1, 0.15) is 11.1 Å². The van der Waals surface area contributed by atoms with E-state index in [9.17, 15) is 0 Å². The van der Waals surface area contributed by atoms with Crippen molar-refractivity contribution in [2.75, 3.05) is 11.4 Å². The first-order valence-corrected chi connectivity index (χ1v) is 9.22.